The van der Waals surface area contributed by atoms with Crippen molar-refractivity contribution >= 4 is 43.8 Å². The van der Waals surface area contributed by atoms with E-state index < -0.39 is 0 Å². The van der Waals surface area contributed by atoms with Gasteiger partial charge in [-0.3, -0.25) is 0 Å². The van der Waals surface area contributed by atoms with Gasteiger partial charge in [0.25, 0.3) is 0 Å². The van der Waals surface area contributed by atoms with Crippen molar-refractivity contribution in [1.29, 1.82) is 0 Å². The molecule has 1 heterocycles. The fourth-order valence-corrected chi connectivity index (χ4v) is 4.70. The molecule has 1 atom stereocenters. The molecule has 2 amide bonds. The van der Waals surface area contributed by atoms with Crippen LogP contribution in [0.25, 0.3) is 10.4 Å². The molecule has 7 nitrogen and oxygen atoms in total. The van der Waals surface area contributed by atoms with Gasteiger partial charge in [0, 0.05) is 0 Å². The SMILES string of the molecule is COc1ccc(-c2cc(C(=O)NCCc3ccc(OC)c(OC)c3)c(NC(=O)[AsH2])s2)cc1. The van der Waals surface area contributed by atoms with E-state index in [0.717, 1.165) is 38.6 Å². The molecule has 3 aromatic rings. The summed E-state index contributed by atoms with van der Waals surface area (Å²) in [6, 6.07) is 15.0. The summed E-state index contributed by atoms with van der Waals surface area (Å²) < 4.78 is 15.6. The number of hydrogen-bond donors (Lipinski definition) is 2. The third-order valence-electron chi connectivity index (χ3n) is 4.74. The third kappa shape index (κ3) is 5.84. The van der Waals surface area contributed by atoms with E-state index in [1.807, 2.05) is 42.5 Å². The zero-order valence-electron chi connectivity index (χ0n) is 18.1. The number of methoxy groups -OCH3 is 3. The quantitative estimate of drug-likeness (QED) is 0.425. The number of benzene rings is 2. The van der Waals surface area contributed by atoms with Crippen LogP contribution in [0.4, 0.5) is 9.80 Å². The summed E-state index contributed by atoms with van der Waals surface area (Å²) in [4.78, 5) is 25.5. The van der Waals surface area contributed by atoms with Crippen LogP contribution in [0.15, 0.2) is 48.5 Å². The molecule has 9 heteroatoms. The molecule has 0 saturated heterocycles. The topological polar surface area (TPSA) is 85.9 Å². The van der Waals surface area contributed by atoms with E-state index in [1.54, 1.807) is 27.4 Å². The van der Waals surface area contributed by atoms with Crippen LogP contribution in [0.5, 0.6) is 17.2 Å². The number of hydrogen-bond acceptors (Lipinski definition) is 6. The minimum absolute atomic E-state index is 0.167. The van der Waals surface area contributed by atoms with Crippen molar-refractivity contribution in [3.8, 4) is 27.7 Å². The van der Waals surface area contributed by atoms with E-state index in [4.69, 9.17) is 14.2 Å². The molecule has 168 valence electrons. The summed E-state index contributed by atoms with van der Waals surface area (Å²) in [7, 11) is 4.79. The Morgan fingerprint density at radius 2 is 1.66 bits per heavy atom. The number of anilines is 1. The first-order valence-electron chi connectivity index (χ1n) is 9.79. The molecule has 0 spiro atoms. The Morgan fingerprint density at radius 1 is 0.938 bits per heavy atom. The molecule has 3 rings (SSSR count). The van der Waals surface area contributed by atoms with Crippen molar-refractivity contribution in [3.05, 3.63) is 59.7 Å². The molecule has 2 N–H and O–H groups in total. The average molecular weight is 516 g/mol. The molecule has 1 unspecified atom stereocenters. The van der Waals surface area contributed by atoms with Gasteiger partial charge in [0.1, 0.15) is 0 Å². The van der Waals surface area contributed by atoms with Gasteiger partial charge in [0.2, 0.25) is 0 Å². The van der Waals surface area contributed by atoms with Crippen LogP contribution < -0.4 is 24.8 Å². The maximum atomic E-state index is 12.9. The number of carbonyl (C=O) groups is 2. The van der Waals surface area contributed by atoms with Gasteiger partial charge in [-0.15, -0.1) is 0 Å². The summed E-state index contributed by atoms with van der Waals surface area (Å²) >= 11 is 2.31. The summed E-state index contributed by atoms with van der Waals surface area (Å²) in [6.45, 7) is 0.436. The van der Waals surface area contributed by atoms with Gasteiger partial charge >= 0.3 is 181 Å². The Bertz CT molecular complexity index is 1100. The fraction of sp³-hybridized carbons (Fsp3) is 0.217. The summed E-state index contributed by atoms with van der Waals surface area (Å²) in [6.07, 6.45) is 0.625. The molecular weight excluding hydrogens is 491 g/mol. The third-order valence-corrected chi connectivity index (χ3v) is 6.14. The van der Waals surface area contributed by atoms with Gasteiger partial charge in [-0.25, -0.2) is 0 Å². The minimum atomic E-state index is -0.238. The number of nitrogens with one attached hydrogen (secondary N) is 2. The van der Waals surface area contributed by atoms with Crippen LogP contribution in [0, 0.1) is 0 Å². The van der Waals surface area contributed by atoms with Crippen molar-refractivity contribution in [2.24, 2.45) is 0 Å². The number of carbonyl (C=O) groups excluding carboxylic acids is 2. The molecule has 1 aromatic heterocycles. The Labute approximate surface area is 199 Å². The van der Waals surface area contributed by atoms with Crippen molar-refractivity contribution in [3.63, 3.8) is 0 Å². The van der Waals surface area contributed by atoms with Gasteiger partial charge in [0.05, 0.1) is 14.2 Å². The number of amides is 2. The second-order valence-electron chi connectivity index (χ2n) is 6.77. The first-order chi connectivity index (χ1) is 15.4. The van der Waals surface area contributed by atoms with E-state index >= 15 is 0 Å². The van der Waals surface area contributed by atoms with Crippen LogP contribution >= 0.6 is 11.3 Å². The molecule has 0 bridgehead atoms. The molecule has 0 aliphatic heterocycles. The molecule has 32 heavy (non-hydrogen) atoms. The Balaban J connectivity index is 1.73. The normalized spacial score (nSPS) is 10.4. The fourth-order valence-electron chi connectivity index (χ4n) is 3.11. The van der Waals surface area contributed by atoms with Crippen LogP contribution in [0.1, 0.15) is 15.9 Å². The standard InChI is InChI=1S/C23H25AsN2O5S/c1-29-16-7-5-15(6-8-16)20-13-17(22(32-20)26-23(24)28)21(27)25-11-10-14-4-9-18(30-2)19(12-14)31-3/h4-9,12-13H,10-11,24H2,1-3H3,(H,25,27)(H,26,28). The molecule has 0 saturated carbocycles. The summed E-state index contributed by atoms with van der Waals surface area (Å²) in [5.41, 5.74) is 2.40. The van der Waals surface area contributed by atoms with E-state index in [1.165, 1.54) is 11.3 Å². The summed E-state index contributed by atoms with van der Waals surface area (Å²) in [5, 5.41) is 6.27. The average Bonchev–Trinajstić information content (AvgIpc) is 3.22. The van der Waals surface area contributed by atoms with Crippen molar-refractivity contribution < 1.29 is 23.8 Å². The van der Waals surface area contributed by atoms with Crippen molar-refractivity contribution in [2.75, 3.05) is 33.2 Å². The van der Waals surface area contributed by atoms with Gasteiger partial charge in [0.15, 0.2) is 0 Å². The zero-order chi connectivity index (χ0) is 23.1. The summed E-state index contributed by atoms with van der Waals surface area (Å²) in [5.74, 6) is 1.82. The molecule has 0 fully saturated rings. The number of ether oxygens (including phenoxy) is 3. The van der Waals surface area contributed by atoms with E-state index in [2.05, 4.69) is 10.6 Å². The van der Waals surface area contributed by atoms with Gasteiger partial charge < -0.3 is 4.74 Å². The molecule has 2 aromatic carbocycles. The van der Waals surface area contributed by atoms with Crippen LogP contribution in [0.2, 0.25) is 0 Å². The first kappa shape index (κ1) is 23.7. The number of thiophene rings is 1. The van der Waals surface area contributed by atoms with Crippen LogP contribution in [0.3, 0.4) is 0 Å². The van der Waals surface area contributed by atoms with E-state index in [0.29, 0.717) is 35.0 Å². The zero-order valence-corrected chi connectivity index (χ0v) is 21.3. The number of rotatable bonds is 9. The molecule has 0 aliphatic carbocycles. The van der Waals surface area contributed by atoms with Crippen LogP contribution in [-0.4, -0.2) is 55.3 Å². The van der Waals surface area contributed by atoms with Gasteiger partial charge in [-0.05, 0) is 0 Å². The van der Waals surface area contributed by atoms with E-state index in [-0.39, 0.29) is 10.6 Å². The van der Waals surface area contributed by atoms with Crippen molar-refractivity contribution in [2.45, 2.75) is 6.42 Å². The van der Waals surface area contributed by atoms with Crippen molar-refractivity contribution in [1.82, 2.24) is 5.32 Å². The Kier molecular flexibility index (Phi) is 8.19. The predicted molar refractivity (Wildman–Crippen MR) is 129 cm³/mol. The van der Waals surface area contributed by atoms with Crippen LogP contribution in [-0.2, 0) is 6.42 Å². The second kappa shape index (κ2) is 11.1. The van der Waals surface area contributed by atoms with E-state index in [9.17, 15) is 9.59 Å². The maximum absolute atomic E-state index is 12.9. The first-order valence-corrected chi connectivity index (χ1v) is 11.8. The van der Waals surface area contributed by atoms with Gasteiger partial charge in [-0.1, -0.05) is 0 Å². The predicted octanol–water partition coefficient (Wildman–Crippen LogP) is 3.58. The Hall–Kier alpha value is -2.96. The van der Waals surface area contributed by atoms with Gasteiger partial charge in [-0.2, -0.15) is 0 Å². The monoisotopic (exact) mass is 516 g/mol. The molecule has 0 radical (unpaired) electrons. The Morgan fingerprint density at radius 3 is 2.28 bits per heavy atom. The molecule has 0 aliphatic rings. The molecular formula is C23H25AsN2O5S. The second-order valence-corrected chi connectivity index (χ2v) is 8.92.